The number of fused-ring (bicyclic) bond motifs is 1. The van der Waals surface area contributed by atoms with E-state index < -0.39 is 10.0 Å². The fraction of sp³-hybridized carbons (Fsp3) is 0.316. The minimum atomic E-state index is -3.65. The van der Waals surface area contributed by atoms with Gasteiger partial charge >= 0.3 is 0 Å². The Kier molecular flexibility index (Phi) is 5.59. The van der Waals surface area contributed by atoms with Crippen molar-refractivity contribution >= 4 is 42.6 Å². The van der Waals surface area contributed by atoms with Gasteiger partial charge in [-0.05, 0) is 43.1 Å². The van der Waals surface area contributed by atoms with E-state index in [4.69, 9.17) is 0 Å². The van der Waals surface area contributed by atoms with Crippen LogP contribution in [0.15, 0.2) is 41.6 Å². The van der Waals surface area contributed by atoms with Crippen molar-refractivity contribution < 1.29 is 13.2 Å². The SMILES string of the molecule is CC(=O)Nc1nc2ccc(-c3cncc(S(=O)(=O)NC4CCCNC4)c3)cc2s1. The van der Waals surface area contributed by atoms with Gasteiger partial charge in [0.15, 0.2) is 5.13 Å². The summed E-state index contributed by atoms with van der Waals surface area (Å²) in [6, 6.07) is 7.15. The number of hydrogen-bond donors (Lipinski definition) is 3. The number of anilines is 1. The van der Waals surface area contributed by atoms with Gasteiger partial charge < -0.3 is 10.6 Å². The number of hydrogen-bond acceptors (Lipinski definition) is 7. The molecule has 2 aromatic heterocycles. The predicted molar refractivity (Wildman–Crippen MR) is 113 cm³/mol. The molecular formula is C19H21N5O3S2. The largest absolute Gasteiger partial charge is 0.315 e. The van der Waals surface area contributed by atoms with Gasteiger partial charge in [-0.15, -0.1) is 0 Å². The van der Waals surface area contributed by atoms with Gasteiger partial charge in [0.1, 0.15) is 4.90 Å². The molecule has 0 aliphatic carbocycles. The lowest BCUT2D eigenvalue weighted by molar-refractivity contribution is -0.114. The van der Waals surface area contributed by atoms with Gasteiger partial charge in [0.25, 0.3) is 0 Å². The summed E-state index contributed by atoms with van der Waals surface area (Å²) >= 11 is 1.37. The van der Waals surface area contributed by atoms with Gasteiger partial charge in [0, 0.05) is 37.5 Å². The van der Waals surface area contributed by atoms with Crippen LogP contribution < -0.4 is 15.4 Å². The summed E-state index contributed by atoms with van der Waals surface area (Å²) in [6.45, 7) is 2.98. The van der Waals surface area contributed by atoms with Gasteiger partial charge in [0.2, 0.25) is 15.9 Å². The van der Waals surface area contributed by atoms with E-state index in [1.165, 1.54) is 24.5 Å². The maximum atomic E-state index is 12.8. The molecule has 29 heavy (non-hydrogen) atoms. The first-order valence-corrected chi connectivity index (χ1v) is 11.6. The maximum absolute atomic E-state index is 12.8. The Hall–Kier alpha value is -2.40. The molecule has 1 aromatic carbocycles. The number of amides is 1. The molecule has 4 rings (SSSR count). The van der Waals surface area contributed by atoms with E-state index in [9.17, 15) is 13.2 Å². The molecule has 1 amide bonds. The Bertz CT molecular complexity index is 1150. The van der Waals surface area contributed by atoms with Gasteiger partial charge in [-0.1, -0.05) is 17.4 Å². The lowest BCUT2D eigenvalue weighted by Crippen LogP contribution is -2.45. The van der Waals surface area contributed by atoms with Crippen LogP contribution in [0.2, 0.25) is 0 Å². The summed E-state index contributed by atoms with van der Waals surface area (Å²) in [5.74, 6) is -0.174. The summed E-state index contributed by atoms with van der Waals surface area (Å²) in [4.78, 5) is 19.9. The fourth-order valence-corrected chi connectivity index (χ4v) is 5.48. The molecule has 8 nitrogen and oxygen atoms in total. The molecule has 1 fully saturated rings. The van der Waals surface area contributed by atoms with Crippen LogP contribution in [0.1, 0.15) is 19.8 Å². The Labute approximate surface area is 172 Å². The number of sulfonamides is 1. The maximum Gasteiger partial charge on any atom is 0.242 e. The molecule has 1 aliphatic rings. The summed E-state index contributed by atoms with van der Waals surface area (Å²) in [5.41, 5.74) is 2.30. The molecule has 3 N–H and O–H groups in total. The Morgan fingerprint density at radius 2 is 2.10 bits per heavy atom. The van der Waals surface area contributed by atoms with Gasteiger partial charge in [-0.2, -0.15) is 0 Å². The first-order chi connectivity index (χ1) is 13.9. The number of benzene rings is 1. The highest BCUT2D eigenvalue weighted by Crippen LogP contribution is 2.31. The van der Waals surface area contributed by atoms with Gasteiger partial charge in [-0.25, -0.2) is 18.1 Å². The van der Waals surface area contributed by atoms with Crippen molar-refractivity contribution in [3.8, 4) is 11.1 Å². The number of aromatic nitrogens is 2. The molecule has 152 valence electrons. The quantitative estimate of drug-likeness (QED) is 0.572. The van der Waals surface area contributed by atoms with E-state index >= 15 is 0 Å². The summed E-state index contributed by atoms with van der Waals surface area (Å²) < 4.78 is 29.2. The highest BCUT2D eigenvalue weighted by Gasteiger charge is 2.22. The van der Waals surface area contributed by atoms with Crippen LogP contribution >= 0.6 is 11.3 Å². The average molecular weight is 432 g/mol. The second-order valence-corrected chi connectivity index (χ2v) is 9.70. The first kappa shape index (κ1) is 19.9. The highest BCUT2D eigenvalue weighted by atomic mass is 32.2. The lowest BCUT2D eigenvalue weighted by atomic mass is 10.1. The van der Waals surface area contributed by atoms with Crippen LogP contribution in [-0.2, 0) is 14.8 Å². The van der Waals surface area contributed by atoms with Crippen molar-refractivity contribution in [3.05, 3.63) is 36.7 Å². The predicted octanol–water partition coefficient (Wildman–Crippen LogP) is 2.35. The third-order valence-corrected chi connectivity index (χ3v) is 7.07. The van der Waals surface area contributed by atoms with Crippen LogP contribution in [0.3, 0.4) is 0 Å². The number of carbonyl (C=O) groups excluding carboxylic acids is 1. The van der Waals surface area contributed by atoms with E-state index in [1.54, 1.807) is 12.3 Å². The first-order valence-electron chi connectivity index (χ1n) is 9.27. The highest BCUT2D eigenvalue weighted by molar-refractivity contribution is 7.89. The van der Waals surface area contributed by atoms with Crippen LogP contribution in [0, 0.1) is 0 Å². The van der Waals surface area contributed by atoms with Crippen molar-refractivity contribution in [2.75, 3.05) is 18.4 Å². The van der Waals surface area contributed by atoms with E-state index in [0.29, 0.717) is 17.2 Å². The van der Waals surface area contributed by atoms with Crippen LogP contribution in [0.25, 0.3) is 21.3 Å². The van der Waals surface area contributed by atoms with Crippen molar-refractivity contribution in [2.45, 2.75) is 30.7 Å². The Morgan fingerprint density at radius 3 is 2.86 bits per heavy atom. The number of pyridine rings is 1. The fourth-order valence-electron chi connectivity index (χ4n) is 3.27. The van der Waals surface area contributed by atoms with Crippen LogP contribution in [0.4, 0.5) is 5.13 Å². The molecular weight excluding hydrogens is 410 g/mol. The second-order valence-electron chi connectivity index (χ2n) is 6.96. The molecule has 10 heteroatoms. The van der Waals surface area contributed by atoms with Crippen LogP contribution in [-0.4, -0.2) is 43.4 Å². The van der Waals surface area contributed by atoms with Crippen molar-refractivity contribution in [3.63, 3.8) is 0 Å². The molecule has 0 radical (unpaired) electrons. The third kappa shape index (κ3) is 4.61. The molecule has 0 bridgehead atoms. The number of thiazole rings is 1. The molecule has 3 aromatic rings. The summed E-state index contributed by atoms with van der Waals surface area (Å²) in [7, 11) is -3.65. The van der Waals surface area contributed by atoms with E-state index in [2.05, 4.69) is 25.3 Å². The third-order valence-electron chi connectivity index (χ3n) is 4.65. The molecule has 1 unspecified atom stereocenters. The van der Waals surface area contributed by atoms with E-state index in [-0.39, 0.29) is 16.8 Å². The minimum absolute atomic E-state index is 0.113. The second kappa shape index (κ2) is 8.15. The smallest absolute Gasteiger partial charge is 0.242 e. The molecule has 3 heterocycles. The molecule has 0 spiro atoms. The summed E-state index contributed by atoms with van der Waals surface area (Å²) in [6.07, 6.45) is 4.76. The number of rotatable bonds is 5. The number of nitrogens with zero attached hydrogens (tertiary/aromatic N) is 2. The van der Waals surface area contributed by atoms with E-state index in [0.717, 1.165) is 35.2 Å². The average Bonchev–Trinajstić information content (AvgIpc) is 3.09. The van der Waals surface area contributed by atoms with E-state index in [1.807, 2.05) is 18.2 Å². The minimum Gasteiger partial charge on any atom is -0.315 e. The topological polar surface area (TPSA) is 113 Å². The molecule has 1 saturated heterocycles. The van der Waals surface area contributed by atoms with Gasteiger partial charge in [-0.3, -0.25) is 9.78 Å². The lowest BCUT2D eigenvalue weighted by Gasteiger charge is -2.23. The summed E-state index contributed by atoms with van der Waals surface area (Å²) in [5, 5.41) is 6.42. The van der Waals surface area contributed by atoms with Crippen molar-refractivity contribution in [2.24, 2.45) is 0 Å². The molecule has 0 saturated carbocycles. The van der Waals surface area contributed by atoms with Crippen molar-refractivity contribution in [1.29, 1.82) is 0 Å². The Morgan fingerprint density at radius 1 is 1.24 bits per heavy atom. The normalized spacial score (nSPS) is 17.3. The van der Waals surface area contributed by atoms with Crippen molar-refractivity contribution in [1.82, 2.24) is 20.0 Å². The molecule has 1 aliphatic heterocycles. The zero-order chi connectivity index (χ0) is 20.4. The Balaban J connectivity index is 1.61. The standard InChI is InChI=1S/C19H21N5O3S2/c1-12(25)22-19-23-17-5-4-13(8-18(17)28-19)14-7-16(11-21-9-14)29(26,27)24-15-3-2-6-20-10-15/h4-5,7-9,11,15,20,24H,2-3,6,10H2,1H3,(H,22,23,25). The number of carbonyl (C=O) groups is 1. The number of nitrogens with one attached hydrogen (secondary N) is 3. The van der Waals surface area contributed by atoms with Gasteiger partial charge in [0.05, 0.1) is 10.2 Å². The van der Waals surface area contributed by atoms with Crippen LogP contribution in [0.5, 0.6) is 0 Å². The zero-order valence-electron chi connectivity index (χ0n) is 15.8. The monoisotopic (exact) mass is 431 g/mol. The molecule has 1 atom stereocenters. The zero-order valence-corrected chi connectivity index (χ0v) is 17.4. The number of piperidine rings is 1.